The van der Waals surface area contributed by atoms with Crippen LogP contribution in [-0.2, 0) is 0 Å². The maximum absolute atomic E-state index is 9.66. The van der Waals surface area contributed by atoms with Gasteiger partial charge in [-0.3, -0.25) is 0 Å². The topological polar surface area (TPSA) is 23.8 Å². The normalized spacial score (nSPS) is 19.1. The Kier molecular flexibility index (Phi) is 4.81. The highest BCUT2D eigenvalue weighted by molar-refractivity contribution is 8.01. The Bertz CT molecular complexity index is 486. The van der Waals surface area contributed by atoms with E-state index < -0.39 is 0 Å². The number of hydrogen-bond acceptors (Lipinski definition) is 2. The summed E-state index contributed by atoms with van der Waals surface area (Å²) in [5.74, 6) is 0. The summed E-state index contributed by atoms with van der Waals surface area (Å²) in [6.07, 6.45) is 7.15. The predicted molar refractivity (Wildman–Crippen MR) is 86.9 cm³/mol. The molecule has 20 heavy (non-hydrogen) atoms. The zero-order valence-corrected chi connectivity index (χ0v) is 13.7. The minimum absolute atomic E-state index is 0.182. The number of rotatable bonds is 6. The summed E-state index contributed by atoms with van der Waals surface area (Å²) in [4.78, 5) is 1.24. The summed E-state index contributed by atoms with van der Waals surface area (Å²) in [5, 5.41) is 9.66. The predicted octanol–water partition coefficient (Wildman–Crippen LogP) is 5.73. The van der Waals surface area contributed by atoms with Crippen LogP contribution < -0.4 is 0 Å². The van der Waals surface area contributed by atoms with Crippen molar-refractivity contribution >= 4 is 11.8 Å². The molecule has 1 aromatic carbocycles. The smallest absolute Gasteiger partial charge is 0.108 e. The van der Waals surface area contributed by atoms with Crippen molar-refractivity contribution in [2.24, 2.45) is 5.41 Å². The molecule has 0 heterocycles. The van der Waals surface area contributed by atoms with E-state index in [0.717, 1.165) is 12.8 Å². The van der Waals surface area contributed by atoms with Gasteiger partial charge in [0.2, 0.25) is 0 Å². The lowest BCUT2D eigenvalue weighted by Crippen LogP contribution is -2.48. The molecule has 1 saturated carbocycles. The lowest BCUT2D eigenvalue weighted by Gasteiger charge is -2.53. The van der Waals surface area contributed by atoms with E-state index in [1.807, 2.05) is 0 Å². The van der Waals surface area contributed by atoms with Gasteiger partial charge in [-0.25, -0.2) is 0 Å². The first-order valence-corrected chi connectivity index (χ1v) is 8.56. The Morgan fingerprint density at radius 3 is 2.35 bits per heavy atom. The minimum Gasteiger partial charge on any atom is -0.197 e. The molecule has 1 nitrogen and oxygen atoms in total. The van der Waals surface area contributed by atoms with Crippen molar-refractivity contribution in [3.63, 3.8) is 0 Å². The molecule has 0 radical (unpaired) electrons. The largest absolute Gasteiger partial charge is 0.197 e. The van der Waals surface area contributed by atoms with E-state index in [-0.39, 0.29) is 4.75 Å². The first kappa shape index (κ1) is 15.4. The van der Waals surface area contributed by atoms with Crippen LogP contribution in [0.4, 0.5) is 0 Å². The third-order valence-electron chi connectivity index (χ3n) is 4.39. The summed E-state index contributed by atoms with van der Waals surface area (Å²) >= 11 is 1.78. The summed E-state index contributed by atoms with van der Waals surface area (Å²) < 4.78 is -0.182. The third kappa shape index (κ3) is 3.20. The second kappa shape index (κ2) is 6.22. The van der Waals surface area contributed by atoms with E-state index in [2.05, 4.69) is 51.1 Å². The van der Waals surface area contributed by atoms with Crippen molar-refractivity contribution < 1.29 is 0 Å². The van der Waals surface area contributed by atoms with E-state index in [1.54, 1.807) is 11.8 Å². The van der Waals surface area contributed by atoms with Crippen LogP contribution in [0.3, 0.4) is 0 Å². The van der Waals surface area contributed by atoms with Gasteiger partial charge < -0.3 is 0 Å². The molecule has 0 bridgehead atoms. The highest BCUT2D eigenvalue weighted by atomic mass is 32.2. The van der Waals surface area contributed by atoms with Gasteiger partial charge in [0.1, 0.15) is 4.75 Å². The maximum atomic E-state index is 9.66. The van der Waals surface area contributed by atoms with Crippen molar-refractivity contribution in [1.82, 2.24) is 0 Å². The van der Waals surface area contributed by atoms with Crippen LogP contribution in [-0.4, -0.2) is 4.75 Å². The van der Waals surface area contributed by atoms with Gasteiger partial charge in [0.25, 0.3) is 0 Å². The zero-order valence-electron chi connectivity index (χ0n) is 12.9. The average Bonchev–Trinajstić information content (AvgIpc) is 2.37. The number of benzene rings is 1. The molecule has 0 aromatic heterocycles. The molecule has 108 valence electrons. The molecule has 0 spiro atoms. The van der Waals surface area contributed by atoms with Crippen LogP contribution in [0.5, 0.6) is 0 Å². The maximum Gasteiger partial charge on any atom is 0.108 e. The lowest BCUT2D eigenvalue weighted by atomic mass is 9.58. The number of nitrogens with zero attached hydrogens (tertiary/aromatic N) is 1. The molecule has 0 aliphatic heterocycles. The molecule has 0 N–H and O–H groups in total. The molecule has 2 rings (SSSR count). The van der Waals surface area contributed by atoms with E-state index >= 15 is 0 Å². The molecule has 2 heteroatoms. The van der Waals surface area contributed by atoms with Gasteiger partial charge in [-0.05, 0) is 50.2 Å². The minimum atomic E-state index is -0.182. The molecular formula is C18H25NS. The first-order valence-electron chi connectivity index (χ1n) is 7.74. The summed E-state index contributed by atoms with van der Waals surface area (Å²) in [5.41, 5.74) is 1.71. The van der Waals surface area contributed by atoms with Gasteiger partial charge in [-0.15, -0.1) is 11.8 Å². The van der Waals surface area contributed by atoms with Crippen LogP contribution in [0.1, 0.15) is 57.9 Å². The van der Waals surface area contributed by atoms with Crippen molar-refractivity contribution in [2.75, 3.05) is 0 Å². The molecule has 0 atom stereocenters. The van der Waals surface area contributed by atoms with Crippen molar-refractivity contribution in [3.8, 4) is 6.07 Å². The fourth-order valence-electron chi connectivity index (χ4n) is 3.78. The van der Waals surface area contributed by atoms with Crippen LogP contribution in [0, 0.1) is 23.7 Å². The second-order valence-electron chi connectivity index (χ2n) is 6.38. The fraction of sp³-hybridized carbons (Fsp3) is 0.611. The Labute approximate surface area is 127 Å². The molecular weight excluding hydrogens is 262 g/mol. The molecule has 1 aromatic rings. The monoisotopic (exact) mass is 287 g/mol. The number of hydrogen-bond donors (Lipinski definition) is 0. The van der Waals surface area contributed by atoms with Crippen LogP contribution in [0.2, 0.25) is 0 Å². The van der Waals surface area contributed by atoms with E-state index in [4.69, 9.17) is 0 Å². The summed E-state index contributed by atoms with van der Waals surface area (Å²) in [6, 6.07) is 11.2. The Hall–Kier alpha value is -0.940. The molecule has 0 saturated heterocycles. The van der Waals surface area contributed by atoms with Gasteiger partial charge in [0, 0.05) is 4.90 Å². The first-order chi connectivity index (χ1) is 9.57. The van der Waals surface area contributed by atoms with Gasteiger partial charge in [-0.1, -0.05) is 44.4 Å². The van der Waals surface area contributed by atoms with Crippen molar-refractivity contribution in [2.45, 2.75) is 68.9 Å². The molecule has 0 amide bonds. The van der Waals surface area contributed by atoms with Gasteiger partial charge in [0.05, 0.1) is 6.07 Å². The van der Waals surface area contributed by atoms with E-state index in [1.165, 1.54) is 36.1 Å². The van der Waals surface area contributed by atoms with E-state index in [0.29, 0.717) is 5.41 Å². The lowest BCUT2D eigenvalue weighted by molar-refractivity contribution is 0.0831. The van der Waals surface area contributed by atoms with Crippen LogP contribution in [0.15, 0.2) is 29.2 Å². The number of nitriles is 1. The highest BCUT2D eigenvalue weighted by Gasteiger charge is 2.54. The van der Waals surface area contributed by atoms with Crippen molar-refractivity contribution in [1.29, 1.82) is 5.26 Å². The number of aryl methyl sites for hydroxylation is 1. The summed E-state index contributed by atoms with van der Waals surface area (Å²) in [7, 11) is 0. The zero-order chi connectivity index (χ0) is 14.6. The third-order valence-corrected chi connectivity index (χ3v) is 5.65. The molecule has 1 fully saturated rings. The van der Waals surface area contributed by atoms with Gasteiger partial charge in [0.15, 0.2) is 0 Å². The van der Waals surface area contributed by atoms with Crippen LogP contribution in [0.25, 0.3) is 0 Å². The number of thioether (sulfide) groups is 1. The fourth-order valence-corrected chi connectivity index (χ4v) is 5.42. The van der Waals surface area contributed by atoms with Gasteiger partial charge >= 0.3 is 0 Å². The quantitative estimate of drug-likeness (QED) is 0.667. The standard InChI is InChI=1S/C18H25NS/c1-4-9-17(10-5-2)12-18(13-17,14-19)20-16-8-6-7-15(3)11-16/h6-8,11H,4-5,9-10,12-13H2,1-3H3. The van der Waals surface area contributed by atoms with Gasteiger partial charge in [-0.2, -0.15) is 5.26 Å². The molecule has 1 aliphatic carbocycles. The average molecular weight is 287 g/mol. The summed E-state index contributed by atoms with van der Waals surface area (Å²) in [6.45, 7) is 6.64. The SMILES string of the molecule is CCCC1(CCC)CC(C#N)(Sc2cccc(C)c2)C1. The Balaban J connectivity index is 2.09. The van der Waals surface area contributed by atoms with Crippen molar-refractivity contribution in [3.05, 3.63) is 29.8 Å². The molecule has 0 unspecified atom stereocenters. The molecule has 1 aliphatic rings. The second-order valence-corrected chi connectivity index (χ2v) is 7.84. The van der Waals surface area contributed by atoms with E-state index in [9.17, 15) is 5.26 Å². The Morgan fingerprint density at radius 1 is 1.20 bits per heavy atom. The Morgan fingerprint density at radius 2 is 1.85 bits per heavy atom. The highest BCUT2D eigenvalue weighted by Crippen LogP contribution is 2.61. The van der Waals surface area contributed by atoms with Crippen LogP contribution >= 0.6 is 11.8 Å².